The average molecular weight is 230 g/mol. The minimum absolute atomic E-state index is 0.0544. The normalized spacial score (nSPS) is 10.0. The molecule has 0 spiro atoms. The molecule has 82 valence electrons. The first-order valence-electron chi connectivity index (χ1n) is 4.41. The molecule has 0 aromatic heterocycles. The van der Waals surface area contributed by atoms with Crippen molar-refractivity contribution in [3.8, 4) is 5.75 Å². The molecule has 0 heterocycles. The van der Waals surface area contributed by atoms with E-state index in [-0.39, 0.29) is 23.1 Å². The number of aromatic hydroxyl groups is 1. The highest BCUT2D eigenvalue weighted by molar-refractivity contribution is 6.32. The third-order valence-corrected chi connectivity index (χ3v) is 2.08. The van der Waals surface area contributed by atoms with Crippen LogP contribution in [0.1, 0.15) is 6.42 Å². The number of carbonyl (C=O) groups excluding carboxylic acids is 1. The summed E-state index contributed by atoms with van der Waals surface area (Å²) in [5, 5.41) is 12.1. The summed E-state index contributed by atoms with van der Waals surface area (Å²) in [5.74, 6) is -0.222. The van der Waals surface area contributed by atoms with E-state index in [1.165, 1.54) is 19.2 Å². The van der Waals surface area contributed by atoms with Crippen LogP contribution in [0.4, 0.5) is 5.69 Å². The van der Waals surface area contributed by atoms with Crippen molar-refractivity contribution in [2.75, 3.05) is 19.0 Å². The quantitative estimate of drug-likeness (QED) is 0.831. The lowest BCUT2D eigenvalue weighted by Gasteiger charge is -2.05. The zero-order valence-corrected chi connectivity index (χ0v) is 9.04. The van der Waals surface area contributed by atoms with E-state index in [9.17, 15) is 9.90 Å². The molecular weight excluding hydrogens is 218 g/mol. The van der Waals surface area contributed by atoms with Gasteiger partial charge in [-0.15, -0.1) is 0 Å². The van der Waals surface area contributed by atoms with Gasteiger partial charge in [0.05, 0.1) is 18.1 Å². The standard InChI is InChI=1S/C10H12ClNO3/c1-15-5-4-10(14)12-7-2-3-8(11)9(13)6-7/h2-3,6,13H,4-5H2,1H3,(H,12,14). The third kappa shape index (κ3) is 3.77. The van der Waals surface area contributed by atoms with Gasteiger partial charge in [-0.1, -0.05) is 11.6 Å². The molecule has 0 radical (unpaired) electrons. The molecule has 15 heavy (non-hydrogen) atoms. The van der Waals surface area contributed by atoms with Crippen LogP contribution in [0.15, 0.2) is 18.2 Å². The van der Waals surface area contributed by atoms with E-state index in [0.717, 1.165) is 0 Å². The number of hydrogen-bond donors (Lipinski definition) is 2. The van der Waals surface area contributed by atoms with Crippen LogP contribution >= 0.6 is 11.6 Å². The molecule has 2 N–H and O–H groups in total. The molecular formula is C10H12ClNO3. The van der Waals surface area contributed by atoms with Gasteiger partial charge in [-0.05, 0) is 12.1 Å². The highest BCUT2D eigenvalue weighted by Gasteiger charge is 2.04. The van der Waals surface area contributed by atoms with Crippen LogP contribution < -0.4 is 5.32 Å². The molecule has 1 aromatic carbocycles. The number of halogens is 1. The summed E-state index contributed by atoms with van der Waals surface area (Å²) in [6.07, 6.45) is 0.278. The van der Waals surface area contributed by atoms with Gasteiger partial charge in [0.1, 0.15) is 5.75 Å². The molecule has 0 unspecified atom stereocenters. The monoisotopic (exact) mass is 229 g/mol. The van der Waals surface area contributed by atoms with E-state index in [1.807, 2.05) is 0 Å². The lowest BCUT2D eigenvalue weighted by Crippen LogP contribution is -2.13. The Balaban J connectivity index is 2.57. The van der Waals surface area contributed by atoms with Crippen LogP contribution in [0.2, 0.25) is 5.02 Å². The van der Waals surface area contributed by atoms with Crippen molar-refractivity contribution in [3.05, 3.63) is 23.2 Å². The van der Waals surface area contributed by atoms with Gasteiger partial charge in [0.15, 0.2) is 0 Å². The Bertz CT molecular complexity index is 355. The predicted molar refractivity (Wildman–Crippen MR) is 58.2 cm³/mol. The Morgan fingerprint density at radius 1 is 1.60 bits per heavy atom. The fourth-order valence-electron chi connectivity index (χ4n) is 1.01. The molecule has 0 aliphatic carbocycles. The number of ether oxygens (including phenoxy) is 1. The van der Waals surface area contributed by atoms with Gasteiger partial charge in [-0.3, -0.25) is 4.79 Å². The van der Waals surface area contributed by atoms with Crippen molar-refractivity contribution in [1.82, 2.24) is 0 Å². The van der Waals surface area contributed by atoms with Crippen molar-refractivity contribution in [1.29, 1.82) is 0 Å². The molecule has 1 aromatic rings. The number of phenolic OH excluding ortho intramolecular Hbond substituents is 1. The number of carbonyl (C=O) groups is 1. The zero-order valence-electron chi connectivity index (χ0n) is 8.29. The predicted octanol–water partition coefficient (Wildman–Crippen LogP) is 2.02. The zero-order chi connectivity index (χ0) is 11.3. The summed E-state index contributed by atoms with van der Waals surface area (Å²) in [6.45, 7) is 0.366. The van der Waals surface area contributed by atoms with Crippen LogP contribution in [-0.4, -0.2) is 24.7 Å². The number of nitrogens with one attached hydrogen (secondary N) is 1. The number of amides is 1. The smallest absolute Gasteiger partial charge is 0.226 e. The van der Waals surface area contributed by atoms with Crippen LogP contribution in [0.5, 0.6) is 5.75 Å². The Labute approximate surface area is 92.8 Å². The van der Waals surface area contributed by atoms with Crippen molar-refractivity contribution in [3.63, 3.8) is 0 Å². The first-order valence-corrected chi connectivity index (χ1v) is 4.78. The fraction of sp³-hybridized carbons (Fsp3) is 0.300. The number of anilines is 1. The Hall–Kier alpha value is -1.26. The number of phenols is 1. The largest absolute Gasteiger partial charge is 0.506 e. The molecule has 0 atom stereocenters. The van der Waals surface area contributed by atoms with E-state index in [4.69, 9.17) is 16.3 Å². The fourth-order valence-corrected chi connectivity index (χ4v) is 1.13. The number of hydrogen-bond acceptors (Lipinski definition) is 3. The minimum atomic E-state index is -0.168. The Morgan fingerprint density at radius 3 is 2.93 bits per heavy atom. The van der Waals surface area contributed by atoms with E-state index in [2.05, 4.69) is 5.32 Å². The van der Waals surface area contributed by atoms with Crippen LogP contribution in [0.25, 0.3) is 0 Å². The van der Waals surface area contributed by atoms with Gasteiger partial charge in [-0.25, -0.2) is 0 Å². The maximum absolute atomic E-state index is 11.3. The molecule has 4 nitrogen and oxygen atoms in total. The van der Waals surface area contributed by atoms with Crippen molar-refractivity contribution in [2.45, 2.75) is 6.42 Å². The SMILES string of the molecule is COCCC(=O)Nc1ccc(Cl)c(O)c1. The highest BCUT2D eigenvalue weighted by Crippen LogP contribution is 2.26. The maximum atomic E-state index is 11.3. The van der Waals surface area contributed by atoms with Crippen molar-refractivity contribution in [2.24, 2.45) is 0 Å². The Kier molecular flexibility index (Phi) is 4.39. The molecule has 0 bridgehead atoms. The lowest BCUT2D eigenvalue weighted by atomic mass is 10.3. The summed E-state index contributed by atoms with van der Waals surface area (Å²) in [5.41, 5.74) is 0.512. The summed E-state index contributed by atoms with van der Waals surface area (Å²) < 4.78 is 4.76. The Morgan fingerprint density at radius 2 is 2.33 bits per heavy atom. The third-order valence-electron chi connectivity index (χ3n) is 1.76. The molecule has 1 amide bonds. The number of methoxy groups -OCH3 is 1. The molecule has 0 saturated carbocycles. The number of benzene rings is 1. The van der Waals surface area contributed by atoms with Gasteiger partial charge >= 0.3 is 0 Å². The highest BCUT2D eigenvalue weighted by atomic mass is 35.5. The second kappa shape index (κ2) is 5.58. The summed E-state index contributed by atoms with van der Waals surface area (Å²) in [6, 6.07) is 4.53. The van der Waals surface area contributed by atoms with E-state index < -0.39 is 0 Å². The average Bonchev–Trinajstić information content (AvgIpc) is 2.20. The lowest BCUT2D eigenvalue weighted by molar-refractivity contribution is -0.117. The first kappa shape index (κ1) is 11.8. The minimum Gasteiger partial charge on any atom is -0.506 e. The van der Waals surface area contributed by atoms with Gasteiger partial charge in [0.25, 0.3) is 0 Å². The number of rotatable bonds is 4. The van der Waals surface area contributed by atoms with Crippen LogP contribution in [-0.2, 0) is 9.53 Å². The summed E-state index contributed by atoms with van der Waals surface area (Å²) in [7, 11) is 1.53. The van der Waals surface area contributed by atoms with E-state index >= 15 is 0 Å². The molecule has 0 aliphatic heterocycles. The molecule has 5 heteroatoms. The molecule has 0 saturated heterocycles. The molecule has 0 fully saturated rings. The van der Waals surface area contributed by atoms with Crippen LogP contribution in [0.3, 0.4) is 0 Å². The van der Waals surface area contributed by atoms with E-state index in [1.54, 1.807) is 6.07 Å². The molecule has 1 rings (SSSR count). The second-order valence-electron chi connectivity index (χ2n) is 2.96. The van der Waals surface area contributed by atoms with E-state index in [0.29, 0.717) is 12.3 Å². The maximum Gasteiger partial charge on any atom is 0.226 e. The first-order chi connectivity index (χ1) is 7.13. The van der Waals surface area contributed by atoms with Gasteiger partial charge < -0.3 is 15.2 Å². The second-order valence-corrected chi connectivity index (χ2v) is 3.36. The van der Waals surface area contributed by atoms with Crippen molar-refractivity contribution >= 4 is 23.2 Å². The summed E-state index contributed by atoms with van der Waals surface area (Å²) >= 11 is 5.62. The van der Waals surface area contributed by atoms with Gasteiger partial charge in [0.2, 0.25) is 5.91 Å². The van der Waals surface area contributed by atoms with Crippen molar-refractivity contribution < 1.29 is 14.6 Å². The molecule has 0 aliphatic rings. The summed E-state index contributed by atoms with van der Waals surface area (Å²) in [4.78, 5) is 11.3. The van der Waals surface area contributed by atoms with Crippen LogP contribution in [0, 0.1) is 0 Å². The van der Waals surface area contributed by atoms with Gasteiger partial charge in [0, 0.05) is 18.9 Å². The topological polar surface area (TPSA) is 58.6 Å². The van der Waals surface area contributed by atoms with Gasteiger partial charge in [-0.2, -0.15) is 0 Å².